The summed E-state index contributed by atoms with van der Waals surface area (Å²) in [5.41, 5.74) is 5.65. The summed E-state index contributed by atoms with van der Waals surface area (Å²) in [7, 11) is 0. The number of carbonyl (C=O) groups excluding carboxylic acids is 2. The highest BCUT2D eigenvalue weighted by Crippen LogP contribution is 2.29. The third kappa shape index (κ3) is 3.69. The first kappa shape index (κ1) is 14.3. The van der Waals surface area contributed by atoms with Crippen LogP contribution in [0.2, 0.25) is 0 Å². The van der Waals surface area contributed by atoms with Gasteiger partial charge in [-0.15, -0.1) is 0 Å². The minimum Gasteiger partial charge on any atom is -0.356 e. The molecule has 2 aliphatic rings. The van der Waals surface area contributed by atoms with Crippen molar-refractivity contribution >= 4 is 11.8 Å². The fourth-order valence-electron chi connectivity index (χ4n) is 3.04. The first-order valence-electron chi connectivity index (χ1n) is 7.40. The Morgan fingerprint density at radius 1 is 1.47 bits per heavy atom. The molecule has 0 radical (unpaired) electrons. The summed E-state index contributed by atoms with van der Waals surface area (Å²) in [6.45, 7) is 3.13. The van der Waals surface area contributed by atoms with Crippen molar-refractivity contribution in [1.29, 1.82) is 0 Å². The van der Waals surface area contributed by atoms with Gasteiger partial charge < -0.3 is 16.0 Å². The molecule has 2 fully saturated rings. The van der Waals surface area contributed by atoms with Gasteiger partial charge in [-0.25, -0.2) is 0 Å². The summed E-state index contributed by atoms with van der Waals surface area (Å²) < 4.78 is 0. The Bertz CT molecular complexity index is 338. The van der Waals surface area contributed by atoms with Crippen molar-refractivity contribution < 1.29 is 9.59 Å². The lowest BCUT2D eigenvalue weighted by Crippen LogP contribution is -2.37. The van der Waals surface area contributed by atoms with E-state index in [2.05, 4.69) is 5.32 Å². The van der Waals surface area contributed by atoms with Crippen LogP contribution in [0.15, 0.2) is 0 Å². The maximum Gasteiger partial charge on any atom is 0.225 e. The molecule has 0 spiro atoms. The zero-order valence-corrected chi connectivity index (χ0v) is 11.7. The van der Waals surface area contributed by atoms with Gasteiger partial charge in [0.2, 0.25) is 11.8 Å². The molecule has 0 bridgehead atoms. The van der Waals surface area contributed by atoms with Crippen molar-refractivity contribution in [1.82, 2.24) is 10.2 Å². The van der Waals surface area contributed by atoms with E-state index in [0.717, 1.165) is 19.3 Å². The van der Waals surface area contributed by atoms with Crippen LogP contribution < -0.4 is 11.1 Å². The third-order valence-corrected chi connectivity index (χ3v) is 4.19. The van der Waals surface area contributed by atoms with Gasteiger partial charge in [0.25, 0.3) is 0 Å². The largest absolute Gasteiger partial charge is 0.356 e. The molecule has 2 rings (SSSR count). The highest BCUT2D eigenvalue weighted by atomic mass is 16.2. The molecule has 1 saturated carbocycles. The lowest BCUT2D eigenvalue weighted by atomic mass is 10.1. The zero-order valence-electron chi connectivity index (χ0n) is 11.7. The Morgan fingerprint density at radius 2 is 2.16 bits per heavy atom. The lowest BCUT2D eigenvalue weighted by Gasteiger charge is -2.23. The summed E-state index contributed by atoms with van der Waals surface area (Å²) in [6, 6.07) is 0.481. The summed E-state index contributed by atoms with van der Waals surface area (Å²) in [6.07, 6.45) is 5.77. The van der Waals surface area contributed by atoms with Crippen LogP contribution in [-0.4, -0.2) is 41.9 Å². The molecule has 1 aliphatic heterocycles. The van der Waals surface area contributed by atoms with E-state index in [-0.39, 0.29) is 23.8 Å². The van der Waals surface area contributed by atoms with Gasteiger partial charge in [0.1, 0.15) is 0 Å². The van der Waals surface area contributed by atoms with E-state index in [4.69, 9.17) is 5.73 Å². The maximum absolute atomic E-state index is 12.0. The third-order valence-electron chi connectivity index (χ3n) is 4.19. The Morgan fingerprint density at radius 3 is 2.79 bits per heavy atom. The molecule has 2 atom stereocenters. The second-order valence-corrected chi connectivity index (χ2v) is 5.94. The monoisotopic (exact) mass is 267 g/mol. The first-order chi connectivity index (χ1) is 9.08. The molecular weight excluding hydrogens is 242 g/mol. The van der Waals surface area contributed by atoms with Crippen LogP contribution in [0.1, 0.15) is 45.4 Å². The van der Waals surface area contributed by atoms with E-state index in [1.54, 1.807) is 0 Å². The summed E-state index contributed by atoms with van der Waals surface area (Å²) >= 11 is 0. The number of hydrogen-bond acceptors (Lipinski definition) is 3. The standard InChI is InChI=1S/C14H25N3O2/c1-10(15)6-7-16-14(19)11-8-13(18)17(9-11)12-4-2-3-5-12/h10-12H,2-9,15H2,1H3,(H,16,19). The maximum atomic E-state index is 12.0. The molecule has 2 amide bonds. The Kier molecular flexibility index (Phi) is 4.80. The topological polar surface area (TPSA) is 75.4 Å². The molecular formula is C14H25N3O2. The summed E-state index contributed by atoms with van der Waals surface area (Å²) in [4.78, 5) is 25.9. The SMILES string of the molecule is CC(N)CCNC(=O)C1CC(=O)N(C2CCCC2)C1. The first-order valence-corrected chi connectivity index (χ1v) is 7.40. The van der Waals surface area contributed by atoms with Crippen molar-refractivity contribution in [3.63, 3.8) is 0 Å². The van der Waals surface area contributed by atoms with Crippen LogP contribution in [0.4, 0.5) is 0 Å². The summed E-state index contributed by atoms with van der Waals surface area (Å²) in [5, 5.41) is 2.89. The molecule has 5 nitrogen and oxygen atoms in total. The van der Waals surface area contributed by atoms with Gasteiger partial charge in [0, 0.05) is 31.6 Å². The van der Waals surface area contributed by atoms with Crippen molar-refractivity contribution in [3.8, 4) is 0 Å². The second-order valence-electron chi connectivity index (χ2n) is 5.94. The van der Waals surface area contributed by atoms with Gasteiger partial charge in [0.05, 0.1) is 5.92 Å². The molecule has 5 heteroatoms. The minimum absolute atomic E-state index is 0.00879. The number of hydrogen-bond donors (Lipinski definition) is 2. The van der Waals surface area contributed by atoms with E-state index in [1.807, 2.05) is 11.8 Å². The molecule has 108 valence electrons. The quantitative estimate of drug-likeness (QED) is 0.767. The van der Waals surface area contributed by atoms with Crippen LogP contribution in [-0.2, 0) is 9.59 Å². The molecule has 0 aromatic heterocycles. The van der Waals surface area contributed by atoms with E-state index in [9.17, 15) is 9.59 Å². The van der Waals surface area contributed by atoms with Crippen molar-refractivity contribution in [3.05, 3.63) is 0 Å². The van der Waals surface area contributed by atoms with Gasteiger partial charge in [-0.1, -0.05) is 12.8 Å². The van der Waals surface area contributed by atoms with E-state index in [1.165, 1.54) is 12.8 Å². The Labute approximate surface area is 114 Å². The molecule has 1 aliphatic carbocycles. The van der Waals surface area contributed by atoms with E-state index >= 15 is 0 Å². The van der Waals surface area contributed by atoms with Crippen molar-refractivity contribution in [2.75, 3.05) is 13.1 Å². The van der Waals surface area contributed by atoms with Crippen LogP contribution in [0.5, 0.6) is 0 Å². The highest BCUT2D eigenvalue weighted by molar-refractivity contribution is 5.89. The van der Waals surface area contributed by atoms with Gasteiger partial charge in [-0.05, 0) is 26.2 Å². The molecule has 0 aromatic carbocycles. The molecule has 2 unspecified atom stereocenters. The number of likely N-dealkylation sites (tertiary alicyclic amines) is 1. The molecule has 19 heavy (non-hydrogen) atoms. The van der Waals surface area contributed by atoms with Crippen LogP contribution in [0.3, 0.4) is 0 Å². The van der Waals surface area contributed by atoms with E-state index < -0.39 is 0 Å². The number of amides is 2. The normalized spacial score (nSPS) is 25.9. The van der Waals surface area contributed by atoms with Crippen LogP contribution in [0.25, 0.3) is 0 Å². The predicted molar refractivity (Wildman–Crippen MR) is 73.4 cm³/mol. The zero-order chi connectivity index (χ0) is 13.8. The number of rotatable bonds is 5. The van der Waals surface area contributed by atoms with Gasteiger partial charge >= 0.3 is 0 Å². The number of nitrogens with one attached hydrogen (secondary N) is 1. The average Bonchev–Trinajstić information content (AvgIpc) is 2.96. The second kappa shape index (κ2) is 6.37. The lowest BCUT2D eigenvalue weighted by molar-refractivity contribution is -0.130. The minimum atomic E-state index is -0.166. The smallest absolute Gasteiger partial charge is 0.225 e. The highest BCUT2D eigenvalue weighted by Gasteiger charge is 2.38. The average molecular weight is 267 g/mol. The van der Waals surface area contributed by atoms with Crippen molar-refractivity contribution in [2.24, 2.45) is 11.7 Å². The molecule has 0 aromatic rings. The number of nitrogens with zero attached hydrogens (tertiary/aromatic N) is 1. The fraction of sp³-hybridized carbons (Fsp3) is 0.857. The number of nitrogens with two attached hydrogens (primary N) is 1. The number of carbonyl (C=O) groups is 2. The van der Waals surface area contributed by atoms with Gasteiger partial charge in [0.15, 0.2) is 0 Å². The van der Waals surface area contributed by atoms with Crippen LogP contribution >= 0.6 is 0 Å². The molecule has 3 N–H and O–H groups in total. The van der Waals surface area contributed by atoms with Gasteiger partial charge in [-0.3, -0.25) is 9.59 Å². The van der Waals surface area contributed by atoms with Gasteiger partial charge in [-0.2, -0.15) is 0 Å². The Hall–Kier alpha value is -1.10. The molecule has 1 saturated heterocycles. The predicted octanol–water partition coefficient (Wildman–Crippen LogP) is 0.631. The van der Waals surface area contributed by atoms with Crippen LogP contribution in [0, 0.1) is 5.92 Å². The summed E-state index contributed by atoms with van der Waals surface area (Å²) in [5.74, 6) is -0.00470. The Balaban J connectivity index is 1.79. The van der Waals surface area contributed by atoms with Crippen molar-refractivity contribution in [2.45, 2.75) is 57.5 Å². The molecule has 1 heterocycles. The van der Waals surface area contributed by atoms with E-state index in [0.29, 0.717) is 25.6 Å². The fourth-order valence-corrected chi connectivity index (χ4v) is 3.04.